The minimum absolute atomic E-state index is 0.0542. The number of amides is 3. The van der Waals surface area contributed by atoms with E-state index < -0.39 is 36.3 Å². The second-order valence-electron chi connectivity index (χ2n) is 7.99. The van der Waals surface area contributed by atoms with Crippen LogP contribution in [0.25, 0.3) is 0 Å². The molecular formula is C26H29N5O6S. The van der Waals surface area contributed by atoms with Gasteiger partial charge in [0.15, 0.2) is 5.69 Å². The Morgan fingerprint density at radius 3 is 2.34 bits per heavy atom. The van der Waals surface area contributed by atoms with Crippen molar-refractivity contribution >= 4 is 46.6 Å². The predicted molar refractivity (Wildman–Crippen MR) is 143 cm³/mol. The number of nitrogen functional groups attached to an aromatic ring is 1. The molecule has 0 unspecified atom stereocenters. The molecule has 2 aromatic carbocycles. The van der Waals surface area contributed by atoms with E-state index in [0.717, 1.165) is 5.56 Å². The standard InChI is InChI=1S/C26H29N5O6S/c1-4-15-8-6-7-9-18(15)31(26(35)23-20(27)21(24(28)33)30-38-23)22(16-10-12-17(36-3)13-11-16)25(34)29-14-19(32)37-5-2/h6-13,22H,4-5,14,27H2,1-3H3,(H2,28,33)(H,29,34)/t22-/m0/s1. The molecule has 12 heteroatoms. The van der Waals surface area contributed by atoms with Gasteiger partial charge in [-0.3, -0.25) is 24.1 Å². The Hall–Kier alpha value is -4.45. The van der Waals surface area contributed by atoms with Crippen molar-refractivity contribution in [1.82, 2.24) is 9.69 Å². The first-order valence-corrected chi connectivity index (χ1v) is 12.5. The van der Waals surface area contributed by atoms with Crippen molar-refractivity contribution in [2.75, 3.05) is 30.9 Å². The Bertz CT molecular complexity index is 1320. The SMILES string of the molecule is CCOC(=O)CNC(=O)[C@H](c1ccc(OC)cc1)N(C(=O)c1snc(C(N)=O)c1N)c1ccccc1CC. The number of methoxy groups -OCH3 is 1. The first-order chi connectivity index (χ1) is 18.2. The van der Waals surface area contributed by atoms with Gasteiger partial charge in [-0.05, 0) is 54.2 Å². The molecule has 0 aliphatic heterocycles. The lowest BCUT2D eigenvalue weighted by Crippen LogP contribution is -2.45. The zero-order chi connectivity index (χ0) is 27.8. The highest BCUT2D eigenvalue weighted by Crippen LogP contribution is 2.35. The second kappa shape index (κ2) is 12.7. The van der Waals surface area contributed by atoms with Crippen molar-refractivity contribution in [1.29, 1.82) is 0 Å². The average molecular weight is 540 g/mol. The lowest BCUT2D eigenvalue weighted by molar-refractivity contribution is -0.143. The second-order valence-corrected chi connectivity index (χ2v) is 8.77. The van der Waals surface area contributed by atoms with E-state index in [1.807, 2.05) is 19.1 Å². The number of primary amides is 1. The van der Waals surface area contributed by atoms with E-state index in [-0.39, 0.29) is 22.9 Å². The Labute approximate surface area is 223 Å². The number of anilines is 2. The summed E-state index contributed by atoms with van der Waals surface area (Å²) in [5, 5.41) is 2.57. The molecule has 38 heavy (non-hydrogen) atoms. The largest absolute Gasteiger partial charge is 0.497 e. The Kier molecular flexibility index (Phi) is 9.39. The van der Waals surface area contributed by atoms with Gasteiger partial charge in [-0.2, -0.15) is 4.37 Å². The van der Waals surface area contributed by atoms with Gasteiger partial charge in [-0.25, -0.2) is 0 Å². The molecule has 1 aromatic heterocycles. The summed E-state index contributed by atoms with van der Waals surface area (Å²) in [6.07, 6.45) is 0.546. The molecule has 3 aromatic rings. The van der Waals surface area contributed by atoms with E-state index in [4.69, 9.17) is 20.9 Å². The fourth-order valence-corrected chi connectivity index (χ4v) is 4.56. The fourth-order valence-electron chi connectivity index (χ4n) is 3.82. The minimum Gasteiger partial charge on any atom is -0.497 e. The van der Waals surface area contributed by atoms with E-state index in [9.17, 15) is 19.2 Å². The van der Waals surface area contributed by atoms with Crippen LogP contribution in [-0.2, 0) is 20.7 Å². The number of nitrogens with zero attached hydrogens (tertiary/aromatic N) is 2. The lowest BCUT2D eigenvalue weighted by Gasteiger charge is -2.32. The topological polar surface area (TPSA) is 167 Å². The molecule has 200 valence electrons. The molecule has 0 radical (unpaired) electrons. The quantitative estimate of drug-likeness (QED) is 0.312. The summed E-state index contributed by atoms with van der Waals surface area (Å²) in [5.41, 5.74) is 12.7. The average Bonchev–Trinajstić information content (AvgIpc) is 3.31. The maximum Gasteiger partial charge on any atom is 0.325 e. The van der Waals surface area contributed by atoms with Crippen molar-refractivity contribution in [3.8, 4) is 5.75 Å². The summed E-state index contributed by atoms with van der Waals surface area (Å²) in [6.45, 7) is 3.32. The number of benzene rings is 2. The molecule has 3 amide bonds. The number of ether oxygens (including phenoxy) is 2. The van der Waals surface area contributed by atoms with Gasteiger partial charge in [0.2, 0.25) is 5.91 Å². The highest BCUT2D eigenvalue weighted by molar-refractivity contribution is 7.09. The van der Waals surface area contributed by atoms with Crippen LogP contribution >= 0.6 is 11.5 Å². The Morgan fingerprint density at radius 1 is 1.08 bits per heavy atom. The van der Waals surface area contributed by atoms with Crippen LogP contribution in [0.4, 0.5) is 11.4 Å². The molecule has 0 aliphatic carbocycles. The van der Waals surface area contributed by atoms with Crippen LogP contribution in [0.3, 0.4) is 0 Å². The molecule has 0 spiro atoms. The number of aromatic nitrogens is 1. The van der Waals surface area contributed by atoms with E-state index in [1.165, 1.54) is 12.0 Å². The van der Waals surface area contributed by atoms with Crippen LogP contribution in [0.15, 0.2) is 48.5 Å². The smallest absolute Gasteiger partial charge is 0.325 e. The summed E-state index contributed by atoms with van der Waals surface area (Å²) in [4.78, 5) is 52.8. The highest BCUT2D eigenvalue weighted by Gasteiger charge is 2.37. The zero-order valence-electron chi connectivity index (χ0n) is 21.2. The summed E-state index contributed by atoms with van der Waals surface area (Å²) in [6, 6.07) is 12.5. The van der Waals surface area contributed by atoms with Crippen molar-refractivity contribution in [3.05, 3.63) is 70.2 Å². The molecule has 0 bridgehead atoms. The van der Waals surface area contributed by atoms with Crippen LogP contribution in [0.1, 0.15) is 51.2 Å². The van der Waals surface area contributed by atoms with Crippen molar-refractivity contribution in [2.24, 2.45) is 5.73 Å². The molecule has 11 nitrogen and oxygen atoms in total. The van der Waals surface area contributed by atoms with Crippen LogP contribution in [0.5, 0.6) is 5.75 Å². The summed E-state index contributed by atoms with van der Waals surface area (Å²) < 4.78 is 14.1. The van der Waals surface area contributed by atoms with Crippen LogP contribution in [0.2, 0.25) is 0 Å². The number of hydrogen-bond acceptors (Lipinski definition) is 9. The van der Waals surface area contributed by atoms with E-state index in [1.54, 1.807) is 43.3 Å². The van der Waals surface area contributed by atoms with Gasteiger partial charge in [0.1, 0.15) is 23.2 Å². The van der Waals surface area contributed by atoms with Gasteiger partial charge < -0.3 is 26.3 Å². The number of carbonyl (C=O) groups excluding carboxylic acids is 4. The van der Waals surface area contributed by atoms with Gasteiger partial charge >= 0.3 is 5.97 Å². The normalized spacial score (nSPS) is 11.3. The maximum absolute atomic E-state index is 14.1. The monoisotopic (exact) mass is 539 g/mol. The first kappa shape index (κ1) is 28.1. The minimum atomic E-state index is -1.24. The number of rotatable bonds is 11. The third-order valence-corrected chi connectivity index (χ3v) is 6.51. The Balaban J connectivity index is 2.20. The van der Waals surface area contributed by atoms with Crippen LogP contribution in [0, 0.1) is 0 Å². The third-order valence-electron chi connectivity index (χ3n) is 5.66. The lowest BCUT2D eigenvalue weighted by atomic mass is 10.00. The van der Waals surface area contributed by atoms with E-state index >= 15 is 0 Å². The van der Waals surface area contributed by atoms with Gasteiger partial charge in [-0.15, -0.1) is 0 Å². The number of carbonyl (C=O) groups is 4. The first-order valence-electron chi connectivity index (χ1n) is 11.8. The molecule has 3 rings (SSSR count). The Morgan fingerprint density at radius 2 is 1.76 bits per heavy atom. The third kappa shape index (κ3) is 6.09. The number of para-hydroxylation sites is 1. The zero-order valence-corrected chi connectivity index (χ0v) is 22.0. The molecule has 0 aliphatic rings. The molecular weight excluding hydrogens is 510 g/mol. The van der Waals surface area contributed by atoms with Gasteiger partial charge in [0.05, 0.1) is 19.4 Å². The number of hydrogen-bond donors (Lipinski definition) is 3. The predicted octanol–water partition coefficient (Wildman–Crippen LogP) is 2.46. The molecule has 1 heterocycles. The van der Waals surface area contributed by atoms with Crippen molar-refractivity contribution < 1.29 is 28.7 Å². The molecule has 0 fully saturated rings. The number of aryl methyl sites for hydroxylation is 1. The number of nitrogens with two attached hydrogens (primary N) is 2. The molecule has 0 saturated heterocycles. The fraction of sp³-hybridized carbons (Fsp3) is 0.269. The van der Waals surface area contributed by atoms with Crippen molar-refractivity contribution in [3.63, 3.8) is 0 Å². The van der Waals surface area contributed by atoms with Crippen LogP contribution in [-0.4, -0.2) is 48.3 Å². The number of nitrogens with one attached hydrogen (secondary N) is 1. The molecule has 5 N–H and O–H groups in total. The van der Waals surface area contributed by atoms with Gasteiger partial charge in [0, 0.05) is 5.69 Å². The van der Waals surface area contributed by atoms with Crippen LogP contribution < -0.4 is 26.4 Å². The summed E-state index contributed by atoms with van der Waals surface area (Å²) >= 11 is 0.711. The van der Waals surface area contributed by atoms with Crippen molar-refractivity contribution in [2.45, 2.75) is 26.3 Å². The van der Waals surface area contributed by atoms with Gasteiger partial charge in [-0.1, -0.05) is 37.3 Å². The highest BCUT2D eigenvalue weighted by atomic mass is 32.1. The number of esters is 1. The summed E-state index contributed by atoms with van der Waals surface area (Å²) in [7, 11) is 1.51. The van der Waals surface area contributed by atoms with E-state index in [2.05, 4.69) is 9.69 Å². The summed E-state index contributed by atoms with van der Waals surface area (Å²) in [5.74, 6) is -2.26. The molecule has 1 atom stereocenters. The maximum atomic E-state index is 14.1. The van der Waals surface area contributed by atoms with E-state index in [0.29, 0.717) is 35.0 Å². The van der Waals surface area contributed by atoms with Gasteiger partial charge in [0.25, 0.3) is 11.8 Å². The molecule has 0 saturated carbocycles.